The molecule has 0 spiro atoms. The molecule has 1 heteroatoms. The Balaban J connectivity index is 2.35. The molecule has 0 aliphatic carbocycles. The Morgan fingerprint density at radius 3 is 2.24 bits per heavy atom. The second kappa shape index (κ2) is 4.81. The van der Waals surface area contributed by atoms with Crippen LogP contribution in [0.3, 0.4) is 0 Å². The van der Waals surface area contributed by atoms with Gasteiger partial charge in [0, 0.05) is 0 Å². The van der Waals surface area contributed by atoms with E-state index in [4.69, 9.17) is 4.74 Å². The number of hydrogen-bond donors (Lipinski definition) is 0. The average Bonchev–Trinajstić information content (AvgIpc) is 2.56. The van der Waals surface area contributed by atoms with Gasteiger partial charge in [-0.1, -0.05) is 52.0 Å². The SMILES string of the molecule is CC(C)CC1(CC(C)C)OCc2ccccc21. The number of ether oxygens (including phenoxy) is 1. The van der Waals surface area contributed by atoms with Crippen molar-refractivity contribution in [2.45, 2.75) is 52.7 Å². The number of rotatable bonds is 4. The van der Waals surface area contributed by atoms with Gasteiger partial charge in [-0.3, -0.25) is 0 Å². The van der Waals surface area contributed by atoms with Gasteiger partial charge in [-0.15, -0.1) is 0 Å². The summed E-state index contributed by atoms with van der Waals surface area (Å²) < 4.78 is 6.23. The van der Waals surface area contributed by atoms with E-state index in [1.807, 2.05) is 0 Å². The first-order valence-corrected chi connectivity index (χ1v) is 6.76. The monoisotopic (exact) mass is 232 g/mol. The summed E-state index contributed by atoms with van der Waals surface area (Å²) in [6.45, 7) is 9.92. The molecule has 1 aliphatic rings. The summed E-state index contributed by atoms with van der Waals surface area (Å²) in [5.41, 5.74) is 2.79. The third-order valence-electron chi connectivity index (χ3n) is 3.49. The molecule has 0 unspecified atom stereocenters. The summed E-state index contributed by atoms with van der Waals surface area (Å²) in [7, 11) is 0. The summed E-state index contributed by atoms with van der Waals surface area (Å²) in [6.07, 6.45) is 2.25. The van der Waals surface area contributed by atoms with Gasteiger partial charge in [-0.25, -0.2) is 0 Å². The molecule has 1 aliphatic heterocycles. The second-order valence-electron chi connectivity index (χ2n) is 6.14. The molecule has 2 rings (SSSR count). The fourth-order valence-electron chi connectivity index (χ4n) is 3.12. The van der Waals surface area contributed by atoms with Crippen LogP contribution in [0.5, 0.6) is 0 Å². The fraction of sp³-hybridized carbons (Fsp3) is 0.625. The molecule has 0 aromatic heterocycles. The largest absolute Gasteiger partial charge is 0.366 e. The molecular formula is C16H24O. The van der Waals surface area contributed by atoms with Crippen LogP contribution >= 0.6 is 0 Å². The standard InChI is InChI=1S/C16H24O/c1-12(2)9-16(10-13(3)4)15-8-6-5-7-14(15)11-17-16/h5-8,12-13H,9-11H2,1-4H3. The molecule has 1 heterocycles. The first-order chi connectivity index (χ1) is 8.03. The van der Waals surface area contributed by atoms with Gasteiger partial charge in [0.25, 0.3) is 0 Å². The van der Waals surface area contributed by atoms with Crippen LogP contribution in [0.2, 0.25) is 0 Å². The van der Waals surface area contributed by atoms with Gasteiger partial charge in [-0.05, 0) is 35.8 Å². The zero-order valence-corrected chi connectivity index (χ0v) is 11.5. The molecule has 94 valence electrons. The maximum atomic E-state index is 6.23. The van der Waals surface area contributed by atoms with Crippen LogP contribution in [0.25, 0.3) is 0 Å². The molecule has 0 bridgehead atoms. The van der Waals surface area contributed by atoms with E-state index in [0.29, 0.717) is 11.8 Å². The Kier molecular flexibility index (Phi) is 3.58. The zero-order chi connectivity index (χ0) is 12.5. The molecule has 0 atom stereocenters. The van der Waals surface area contributed by atoms with Crippen molar-refractivity contribution in [3.8, 4) is 0 Å². The maximum Gasteiger partial charge on any atom is 0.0944 e. The highest BCUT2D eigenvalue weighted by Crippen LogP contribution is 2.45. The average molecular weight is 232 g/mol. The van der Waals surface area contributed by atoms with Crippen LogP contribution in [0, 0.1) is 11.8 Å². The molecule has 0 amide bonds. The lowest BCUT2D eigenvalue weighted by Crippen LogP contribution is -2.29. The Morgan fingerprint density at radius 1 is 1.06 bits per heavy atom. The van der Waals surface area contributed by atoms with Crippen molar-refractivity contribution in [3.05, 3.63) is 35.4 Å². The van der Waals surface area contributed by atoms with Crippen LogP contribution in [-0.2, 0) is 16.9 Å². The van der Waals surface area contributed by atoms with E-state index in [1.165, 1.54) is 11.1 Å². The lowest BCUT2D eigenvalue weighted by Gasteiger charge is -2.33. The summed E-state index contributed by atoms with van der Waals surface area (Å²) >= 11 is 0. The summed E-state index contributed by atoms with van der Waals surface area (Å²) in [5, 5.41) is 0. The predicted octanol–water partition coefficient (Wildman–Crippen LogP) is 4.50. The quantitative estimate of drug-likeness (QED) is 0.742. The van der Waals surface area contributed by atoms with Gasteiger partial charge in [0.15, 0.2) is 0 Å². The first kappa shape index (κ1) is 12.6. The Labute approximate surface area is 105 Å². The molecule has 1 aromatic rings. The number of benzene rings is 1. The number of hydrogen-bond acceptors (Lipinski definition) is 1. The highest BCUT2D eigenvalue weighted by atomic mass is 16.5. The van der Waals surface area contributed by atoms with Gasteiger partial charge in [0.2, 0.25) is 0 Å². The van der Waals surface area contributed by atoms with Gasteiger partial charge in [-0.2, -0.15) is 0 Å². The minimum Gasteiger partial charge on any atom is -0.366 e. The van der Waals surface area contributed by atoms with Gasteiger partial charge < -0.3 is 4.74 Å². The van der Waals surface area contributed by atoms with Crippen LogP contribution in [0.4, 0.5) is 0 Å². The fourth-order valence-corrected chi connectivity index (χ4v) is 3.12. The molecule has 17 heavy (non-hydrogen) atoms. The minimum absolute atomic E-state index is 0.0288. The molecule has 0 saturated carbocycles. The van der Waals surface area contributed by atoms with Crippen molar-refractivity contribution in [2.24, 2.45) is 11.8 Å². The third-order valence-corrected chi connectivity index (χ3v) is 3.49. The maximum absolute atomic E-state index is 6.23. The van der Waals surface area contributed by atoms with E-state index in [2.05, 4.69) is 52.0 Å². The van der Waals surface area contributed by atoms with Crippen LogP contribution < -0.4 is 0 Å². The molecular weight excluding hydrogens is 208 g/mol. The molecule has 1 nitrogen and oxygen atoms in total. The van der Waals surface area contributed by atoms with Gasteiger partial charge in [0.05, 0.1) is 12.2 Å². The van der Waals surface area contributed by atoms with Crippen molar-refractivity contribution >= 4 is 0 Å². The molecule has 0 N–H and O–H groups in total. The summed E-state index contributed by atoms with van der Waals surface area (Å²) in [4.78, 5) is 0. The Morgan fingerprint density at radius 2 is 1.65 bits per heavy atom. The Hall–Kier alpha value is -0.820. The van der Waals surface area contributed by atoms with E-state index < -0.39 is 0 Å². The van der Waals surface area contributed by atoms with Crippen LogP contribution in [0.1, 0.15) is 51.7 Å². The second-order valence-corrected chi connectivity index (χ2v) is 6.14. The third kappa shape index (κ3) is 2.55. The number of fused-ring (bicyclic) bond motifs is 1. The van der Waals surface area contributed by atoms with E-state index in [-0.39, 0.29) is 5.60 Å². The van der Waals surface area contributed by atoms with Gasteiger partial charge in [0.1, 0.15) is 0 Å². The van der Waals surface area contributed by atoms with Crippen molar-refractivity contribution in [3.63, 3.8) is 0 Å². The van der Waals surface area contributed by atoms with Crippen LogP contribution in [-0.4, -0.2) is 0 Å². The zero-order valence-electron chi connectivity index (χ0n) is 11.5. The summed E-state index contributed by atoms with van der Waals surface area (Å²) in [5.74, 6) is 1.33. The van der Waals surface area contributed by atoms with Gasteiger partial charge >= 0.3 is 0 Å². The smallest absolute Gasteiger partial charge is 0.0944 e. The molecule has 1 aromatic carbocycles. The van der Waals surface area contributed by atoms with E-state index in [9.17, 15) is 0 Å². The van der Waals surface area contributed by atoms with E-state index >= 15 is 0 Å². The highest BCUT2D eigenvalue weighted by molar-refractivity contribution is 5.35. The first-order valence-electron chi connectivity index (χ1n) is 6.76. The van der Waals surface area contributed by atoms with E-state index in [1.54, 1.807) is 0 Å². The molecule has 0 saturated heterocycles. The van der Waals surface area contributed by atoms with Crippen molar-refractivity contribution in [1.29, 1.82) is 0 Å². The highest BCUT2D eigenvalue weighted by Gasteiger charge is 2.40. The van der Waals surface area contributed by atoms with Crippen molar-refractivity contribution < 1.29 is 4.74 Å². The van der Waals surface area contributed by atoms with Crippen molar-refractivity contribution in [2.75, 3.05) is 0 Å². The lowest BCUT2D eigenvalue weighted by molar-refractivity contribution is -0.0665. The molecule has 0 fully saturated rings. The van der Waals surface area contributed by atoms with Crippen LogP contribution in [0.15, 0.2) is 24.3 Å². The minimum atomic E-state index is -0.0288. The Bertz CT molecular complexity index is 369. The topological polar surface area (TPSA) is 9.23 Å². The lowest BCUT2D eigenvalue weighted by atomic mass is 9.79. The molecule has 0 radical (unpaired) electrons. The predicted molar refractivity (Wildman–Crippen MR) is 71.8 cm³/mol. The van der Waals surface area contributed by atoms with Crippen molar-refractivity contribution in [1.82, 2.24) is 0 Å². The van der Waals surface area contributed by atoms with E-state index in [0.717, 1.165) is 19.4 Å². The normalized spacial score (nSPS) is 17.8. The summed E-state index contributed by atoms with van der Waals surface area (Å²) in [6, 6.07) is 8.72.